The fourth-order valence-corrected chi connectivity index (χ4v) is 5.02. The molecular weight excluding hydrogens is 364 g/mol. The van der Waals surface area contributed by atoms with Gasteiger partial charge in [-0.05, 0) is 48.4 Å². The van der Waals surface area contributed by atoms with Crippen molar-refractivity contribution >= 4 is 28.5 Å². The molecule has 2 aliphatic rings. The molecule has 2 N–H and O–H groups in total. The normalized spacial score (nSPS) is 21.2. The highest BCUT2D eigenvalue weighted by atomic mass is 32.1. The fourth-order valence-electron chi connectivity index (χ4n) is 4.24. The Hall–Kier alpha value is -2.85. The molecule has 1 aliphatic carbocycles. The van der Waals surface area contributed by atoms with Crippen LogP contribution in [0.3, 0.4) is 0 Å². The molecule has 0 spiro atoms. The van der Waals surface area contributed by atoms with Crippen molar-refractivity contribution in [1.82, 2.24) is 0 Å². The maximum Gasteiger partial charge on any atom is 0.163 e. The molecule has 2 aromatic carbocycles. The number of hydrogen-bond donors (Lipinski definition) is 2. The first-order valence-corrected chi connectivity index (χ1v) is 10.6. The molecule has 5 rings (SSSR count). The Morgan fingerprint density at radius 1 is 0.929 bits per heavy atom. The number of carbonyl (C=O) groups is 1. The SMILES string of the molecule is Cc1ccc([C@H]2CC(=O)C3=C(C2)Nc2ccccc2N[C@H]3c2cccs2)cc1. The van der Waals surface area contributed by atoms with Crippen molar-refractivity contribution in [3.05, 3.63) is 93.3 Å². The van der Waals surface area contributed by atoms with Crippen molar-refractivity contribution in [3.63, 3.8) is 0 Å². The third kappa shape index (κ3) is 3.04. The number of thiophene rings is 1. The third-order valence-electron chi connectivity index (χ3n) is 5.69. The van der Waals surface area contributed by atoms with E-state index in [0.717, 1.165) is 29.1 Å². The van der Waals surface area contributed by atoms with Gasteiger partial charge in [-0.3, -0.25) is 4.79 Å². The molecule has 0 fully saturated rings. The summed E-state index contributed by atoms with van der Waals surface area (Å²) in [6.07, 6.45) is 1.41. The van der Waals surface area contributed by atoms with Gasteiger partial charge in [0.15, 0.2) is 5.78 Å². The second-order valence-electron chi connectivity index (χ2n) is 7.59. The zero-order valence-electron chi connectivity index (χ0n) is 15.7. The number of anilines is 2. The van der Waals surface area contributed by atoms with Crippen LogP contribution in [0, 0.1) is 6.92 Å². The molecule has 1 aromatic heterocycles. The first-order valence-electron chi connectivity index (χ1n) is 9.68. The fraction of sp³-hybridized carbons (Fsp3) is 0.208. The van der Waals surface area contributed by atoms with Crippen LogP contribution in [0.2, 0.25) is 0 Å². The summed E-state index contributed by atoms with van der Waals surface area (Å²) in [7, 11) is 0. The number of hydrogen-bond acceptors (Lipinski definition) is 4. The summed E-state index contributed by atoms with van der Waals surface area (Å²) in [5.74, 6) is 0.451. The standard InChI is InChI=1S/C24H22N2OS/c1-15-8-10-16(11-9-15)17-13-20-23(21(27)14-17)24(22-7-4-12-28-22)26-19-6-3-2-5-18(19)25-20/h2-12,17,24-26H,13-14H2,1H3/t17-,24+/m1/s1. The third-order valence-corrected chi connectivity index (χ3v) is 6.62. The van der Waals surface area contributed by atoms with Gasteiger partial charge in [-0.2, -0.15) is 0 Å². The van der Waals surface area contributed by atoms with Crippen LogP contribution in [0.25, 0.3) is 0 Å². The van der Waals surface area contributed by atoms with E-state index in [9.17, 15) is 4.79 Å². The summed E-state index contributed by atoms with van der Waals surface area (Å²) in [5, 5.41) is 9.29. The van der Waals surface area contributed by atoms with Gasteiger partial charge in [0, 0.05) is 22.6 Å². The van der Waals surface area contributed by atoms with E-state index in [1.165, 1.54) is 16.0 Å². The number of nitrogens with one attached hydrogen (secondary N) is 2. The number of fused-ring (bicyclic) bond motifs is 1. The summed E-state index contributed by atoms with van der Waals surface area (Å²) in [5.41, 5.74) is 6.50. The van der Waals surface area contributed by atoms with E-state index in [2.05, 4.69) is 71.5 Å². The highest BCUT2D eigenvalue weighted by Gasteiger charge is 2.36. The van der Waals surface area contributed by atoms with Gasteiger partial charge in [0.05, 0.1) is 17.4 Å². The molecule has 140 valence electrons. The summed E-state index contributed by atoms with van der Waals surface area (Å²) in [6, 6.07) is 20.9. The number of allylic oxidation sites excluding steroid dienone is 1. The van der Waals surface area contributed by atoms with E-state index in [1.54, 1.807) is 11.3 Å². The quantitative estimate of drug-likeness (QED) is 0.564. The topological polar surface area (TPSA) is 41.1 Å². The largest absolute Gasteiger partial charge is 0.372 e. The Bertz CT molecular complexity index is 1050. The van der Waals surface area contributed by atoms with Crippen molar-refractivity contribution in [2.75, 3.05) is 10.6 Å². The minimum Gasteiger partial charge on any atom is -0.372 e. The Kier molecular flexibility index (Phi) is 4.29. The lowest BCUT2D eigenvalue weighted by Crippen LogP contribution is -2.26. The molecule has 28 heavy (non-hydrogen) atoms. The van der Waals surface area contributed by atoms with Crippen molar-refractivity contribution in [2.24, 2.45) is 0 Å². The first kappa shape index (κ1) is 17.3. The van der Waals surface area contributed by atoms with Crippen LogP contribution in [0.4, 0.5) is 11.4 Å². The Labute approximate surface area is 169 Å². The van der Waals surface area contributed by atoms with Crippen molar-refractivity contribution < 1.29 is 4.79 Å². The Morgan fingerprint density at radius 2 is 1.71 bits per heavy atom. The second kappa shape index (κ2) is 6.95. The summed E-state index contributed by atoms with van der Waals surface area (Å²) < 4.78 is 0. The zero-order chi connectivity index (χ0) is 19.1. The summed E-state index contributed by atoms with van der Waals surface area (Å²) in [4.78, 5) is 14.5. The van der Waals surface area contributed by atoms with Crippen LogP contribution in [-0.2, 0) is 4.79 Å². The van der Waals surface area contributed by atoms with E-state index in [4.69, 9.17) is 0 Å². The van der Waals surface area contributed by atoms with Crippen LogP contribution in [0.15, 0.2) is 77.3 Å². The molecular formula is C24H22N2OS. The van der Waals surface area contributed by atoms with Gasteiger partial charge in [-0.25, -0.2) is 0 Å². The molecule has 0 unspecified atom stereocenters. The first-order chi connectivity index (χ1) is 13.7. The molecule has 2 atom stereocenters. The number of ketones is 1. The Balaban J connectivity index is 1.59. The van der Waals surface area contributed by atoms with Gasteiger partial charge in [0.25, 0.3) is 0 Å². The number of benzene rings is 2. The van der Waals surface area contributed by atoms with E-state index in [1.807, 2.05) is 12.1 Å². The molecule has 0 bridgehead atoms. The molecule has 2 heterocycles. The predicted octanol–water partition coefficient (Wildman–Crippen LogP) is 6.04. The number of aryl methyl sites for hydroxylation is 1. The van der Waals surface area contributed by atoms with E-state index in [-0.39, 0.29) is 17.7 Å². The number of para-hydroxylation sites is 2. The minimum atomic E-state index is -0.0994. The van der Waals surface area contributed by atoms with Crippen molar-refractivity contribution in [2.45, 2.75) is 31.7 Å². The predicted molar refractivity (Wildman–Crippen MR) is 116 cm³/mol. The van der Waals surface area contributed by atoms with Crippen LogP contribution >= 0.6 is 11.3 Å². The van der Waals surface area contributed by atoms with E-state index < -0.39 is 0 Å². The average Bonchev–Trinajstić information content (AvgIpc) is 3.17. The maximum atomic E-state index is 13.4. The van der Waals surface area contributed by atoms with E-state index in [0.29, 0.717) is 6.42 Å². The minimum absolute atomic E-state index is 0.0994. The van der Waals surface area contributed by atoms with Crippen LogP contribution in [0.5, 0.6) is 0 Å². The molecule has 4 heteroatoms. The highest BCUT2D eigenvalue weighted by molar-refractivity contribution is 7.10. The smallest absolute Gasteiger partial charge is 0.163 e. The molecule has 3 aromatic rings. The summed E-state index contributed by atoms with van der Waals surface area (Å²) in [6.45, 7) is 2.09. The maximum absolute atomic E-state index is 13.4. The van der Waals surface area contributed by atoms with Gasteiger partial charge in [0.2, 0.25) is 0 Å². The van der Waals surface area contributed by atoms with Crippen molar-refractivity contribution in [1.29, 1.82) is 0 Å². The monoisotopic (exact) mass is 386 g/mol. The van der Waals surface area contributed by atoms with Crippen LogP contribution < -0.4 is 10.6 Å². The van der Waals surface area contributed by atoms with Gasteiger partial charge in [0.1, 0.15) is 0 Å². The average molecular weight is 387 g/mol. The van der Waals surface area contributed by atoms with Crippen LogP contribution in [-0.4, -0.2) is 5.78 Å². The number of Topliss-reactive ketones (excluding diaryl/α,β-unsaturated/α-hetero) is 1. The number of carbonyl (C=O) groups excluding carboxylic acids is 1. The van der Waals surface area contributed by atoms with Gasteiger partial charge in [-0.15, -0.1) is 11.3 Å². The molecule has 0 radical (unpaired) electrons. The second-order valence-corrected chi connectivity index (χ2v) is 8.57. The van der Waals surface area contributed by atoms with Gasteiger partial charge < -0.3 is 10.6 Å². The zero-order valence-corrected chi connectivity index (χ0v) is 16.6. The summed E-state index contributed by atoms with van der Waals surface area (Å²) >= 11 is 1.69. The Morgan fingerprint density at radius 3 is 2.46 bits per heavy atom. The number of rotatable bonds is 2. The van der Waals surface area contributed by atoms with Crippen LogP contribution in [0.1, 0.15) is 40.8 Å². The molecule has 3 nitrogen and oxygen atoms in total. The molecule has 0 amide bonds. The lowest BCUT2D eigenvalue weighted by molar-refractivity contribution is -0.116. The molecule has 1 aliphatic heterocycles. The molecule has 0 saturated carbocycles. The van der Waals surface area contributed by atoms with Gasteiger partial charge >= 0.3 is 0 Å². The lowest BCUT2D eigenvalue weighted by atomic mass is 9.79. The highest BCUT2D eigenvalue weighted by Crippen LogP contribution is 2.44. The molecule has 0 saturated heterocycles. The van der Waals surface area contributed by atoms with Crippen molar-refractivity contribution in [3.8, 4) is 0 Å². The lowest BCUT2D eigenvalue weighted by Gasteiger charge is -2.29. The van der Waals surface area contributed by atoms with E-state index >= 15 is 0 Å². The van der Waals surface area contributed by atoms with Gasteiger partial charge in [-0.1, -0.05) is 48.0 Å².